The SMILES string of the molecule is CCC1CCCCN1C(=O)c1ccnc(C(=O)N2CCC3(CC2)OCCO3)c1. The van der Waals surface area contributed by atoms with E-state index < -0.39 is 5.79 Å². The van der Waals surface area contributed by atoms with Crippen LogP contribution in [0.3, 0.4) is 0 Å². The fourth-order valence-corrected chi connectivity index (χ4v) is 4.54. The summed E-state index contributed by atoms with van der Waals surface area (Å²) in [6.07, 6.45) is 7.14. The number of amides is 2. The van der Waals surface area contributed by atoms with E-state index in [-0.39, 0.29) is 11.8 Å². The lowest BCUT2D eigenvalue weighted by Gasteiger charge is -2.37. The molecule has 0 aliphatic carbocycles. The van der Waals surface area contributed by atoms with Crippen molar-refractivity contribution in [1.82, 2.24) is 14.8 Å². The van der Waals surface area contributed by atoms with Crippen LogP contribution >= 0.6 is 0 Å². The number of hydrogen-bond acceptors (Lipinski definition) is 5. The zero-order chi connectivity index (χ0) is 19.6. The van der Waals surface area contributed by atoms with Gasteiger partial charge in [-0.3, -0.25) is 14.6 Å². The van der Waals surface area contributed by atoms with Gasteiger partial charge in [-0.25, -0.2) is 0 Å². The Morgan fingerprint density at radius 2 is 1.89 bits per heavy atom. The molecule has 1 atom stereocenters. The second kappa shape index (κ2) is 8.17. The van der Waals surface area contributed by atoms with Gasteiger partial charge >= 0.3 is 0 Å². The number of pyridine rings is 1. The van der Waals surface area contributed by atoms with E-state index in [0.29, 0.717) is 56.4 Å². The fraction of sp³-hybridized carbons (Fsp3) is 0.667. The second-order valence-electron chi connectivity index (χ2n) is 7.89. The lowest BCUT2D eigenvalue weighted by molar-refractivity contribution is -0.181. The van der Waals surface area contributed by atoms with Crippen molar-refractivity contribution >= 4 is 11.8 Å². The smallest absolute Gasteiger partial charge is 0.272 e. The van der Waals surface area contributed by atoms with E-state index in [0.717, 1.165) is 25.8 Å². The fourth-order valence-electron chi connectivity index (χ4n) is 4.54. The third kappa shape index (κ3) is 3.78. The van der Waals surface area contributed by atoms with Crippen molar-refractivity contribution in [2.75, 3.05) is 32.8 Å². The molecule has 0 radical (unpaired) electrons. The highest BCUT2D eigenvalue weighted by molar-refractivity contribution is 5.98. The summed E-state index contributed by atoms with van der Waals surface area (Å²) in [5, 5.41) is 0. The number of likely N-dealkylation sites (tertiary alicyclic amines) is 2. The highest BCUT2D eigenvalue weighted by Gasteiger charge is 2.41. The van der Waals surface area contributed by atoms with Crippen molar-refractivity contribution in [1.29, 1.82) is 0 Å². The first-order valence-corrected chi connectivity index (χ1v) is 10.5. The van der Waals surface area contributed by atoms with Gasteiger partial charge in [0.15, 0.2) is 5.79 Å². The molecule has 1 aromatic rings. The zero-order valence-corrected chi connectivity index (χ0v) is 16.6. The van der Waals surface area contributed by atoms with E-state index in [9.17, 15) is 9.59 Å². The molecule has 0 aromatic carbocycles. The summed E-state index contributed by atoms with van der Waals surface area (Å²) < 4.78 is 11.5. The quantitative estimate of drug-likeness (QED) is 0.797. The predicted octanol–water partition coefficient (Wildman–Crippen LogP) is 2.47. The molecule has 0 bridgehead atoms. The first-order valence-electron chi connectivity index (χ1n) is 10.5. The molecule has 4 heterocycles. The Kier molecular flexibility index (Phi) is 5.64. The van der Waals surface area contributed by atoms with Crippen LogP contribution in [0.2, 0.25) is 0 Å². The number of ether oxygens (including phenoxy) is 2. The molecule has 28 heavy (non-hydrogen) atoms. The van der Waals surface area contributed by atoms with Gasteiger partial charge in [0.1, 0.15) is 5.69 Å². The number of carbonyl (C=O) groups is 2. The summed E-state index contributed by atoms with van der Waals surface area (Å²) in [6, 6.07) is 3.66. The Balaban J connectivity index is 1.44. The normalized spacial score (nSPS) is 24.5. The van der Waals surface area contributed by atoms with Crippen LogP contribution < -0.4 is 0 Å². The predicted molar refractivity (Wildman–Crippen MR) is 103 cm³/mol. The van der Waals surface area contributed by atoms with Crippen LogP contribution in [0.25, 0.3) is 0 Å². The van der Waals surface area contributed by atoms with Crippen molar-refractivity contribution in [2.24, 2.45) is 0 Å². The molecule has 4 rings (SSSR count). The Morgan fingerprint density at radius 1 is 1.14 bits per heavy atom. The average Bonchev–Trinajstić information content (AvgIpc) is 3.21. The van der Waals surface area contributed by atoms with E-state index in [2.05, 4.69) is 11.9 Å². The molecular formula is C21H29N3O4. The molecular weight excluding hydrogens is 358 g/mol. The third-order valence-corrected chi connectivity index (χ3v) is 6.21. The minimum Gasteiger partial charge on any atom is -0.347 e. The molecule has 0 saturated carbocycles. The summed E-state index contributed by atoms with van der Waals surface area (Å²) in [6.45, 7) is 5.30. The number of piperidine rings is 2. The molecule has 7 nitrogen and oxygen atoms in total. The molecule has 7 heteroatoms. The van der Waals surface area contributed by atoms with Crippen molar-refractivity contribution < 1.29 is 19.1 Å². The number of rotatable bonds is 3. The van der Waals surface area contributed by atoms with Crippen molar-refractivity contribution in [3.05, 3.63) is 29.6 Å². The first kappa shape index (κ1) is 19.3. The van der Waals surface area contributed by atoms with E-state index in [1.165, 1.54) is 6.42 Å². The standard InChI is InChI=1S/C21H29N3O4/c1-2-17-5-3-4-10-24(17)19(25)16-6-9-22-18(15-16)20(26)23-11-7-21(8-12-23)27-13-14-28-21/h6,9,15,17H,2-5,7-8,10-14H2,1H3. The number of hydrogen-bond donors (Lipinski definition) is 0. The Labute approximate surface area is 166 Å². The molecule has 3 aliphatic heterocycles. The van der Waals surface area contributed by atoms with E-state index >= 15 is 0 Å². The van der Waals surface area contributed by atoms with Gasteiger partial charge in [0.05, 0.1) is 13.2 Å². The topological polar surface area (TPSA) is 72.0 Å². The minimum atomic E-state index is -0.508. The average molecular weight is 387 g/mol. The van der Waals surface area contributed by atoms with Crippen molar-refractivity contribution in [2.45, 2.75) is 57.3 Å². The van der Waals surface area contributed by atoms with Crippen LogP contribution in [-0.2, 0) is 9.47 Å². The van der Waals surface area contributed by atoms with Gasteiger partial charge in [-0.2, -0.15) is 0 Å². The van der Waals surface area contributed by atoms with Gasteiger partial charge in [0.2, 0.25) is 0 Å². The van der Waals surface area contributed by atoms with E-state index in [4.69, 9.17) is 9.47 Å². The summed E-state index contributed by atoms with van der Waals surface area (Å²) in [7, 11) is 0. The Bertz CT molecular complexity index is 722. The maximum Gasteiger partial charge on any atom is 0.272 e. The largest absolute Gasteiger partial charge is 0.347 e. The molecule has 152 valence electrons. The second-order valence-corrected chi connectivity index (χ2v) is 7.89. The van der Waals surface area contributed by atoms with Crippen LogP contribution in [0.15, 0.2) is 18.3 Å². The van der Waals surface area contributed by atoms with Crippen LogP contribution in [0.5, 0.6) is 0 Å². The molecule has 2 amide bonds. The van der Waals surface area contributed by atoms with Gasteiger partial charge in [0, 0.05) is 50.3 Å². The Morgan fingerprint density at radius 3 is 2.61 bits per heavy atom. The minimum absolute atomic E-state index is 0.00773. The zero-order valence-electron chi connectivity index (χ0n) is 16.6. The van der Waals surface area contributed by atoms with E-state index in [1.807, 2.05) is 4.90 Å². The summed E-state index contributed by atoms with van der Waals surface area (Å²) in [5.74, 6) is -0.632. The monoisotopic (exact) mass is 387 g/mol. The number of carbonyl (C=O) groups excluding carboxylic acids is 2. The molecule has 1 spiro atoms. The Hall–Kier alpha value is -1.99. The lowest BCUT2D eigenvalue weighted by atomic mass is 9.99. The summed E-state index contributed by atoms with van der Waals surface area (Å²) in [5.41, 5.74) is 0.884. The van der Waals surface area contributed by atoms with Gasteiger partial charge in [0.25, 0.3) is 11.8 Å². The molecule has 0 N–H and O–H groups in total. The van der Waals surface area contributed by atoms with Crippen LogP contribution in [0.1, 0.15) is 66.3 Å². The summed E-state index contributed by atoms with van der Waals surface area (Å²) >= 11 is 0. The molecule has 3 saturated heterocycles. The van der Waals surface area contributed by atoms with Gasteiger partial charge in [-0.1, -0.05) is 6.92 Å². The molecule has 3 fully saturated rings. The highest BCUT2D eigenvalue weighted by atomic mass is 16.7. The molecule has 3 aliphatic rings. The maximum atomic E-state index is 13.0. The van der Waals surface area contributed by atoms with Crippen LogP contribution in [-0.4, -0.2) is 71.3 Å². The number of nitrogens with zero attached hydrogens (tertiary/aromatic N) is 3. The molecule has 1 unspecified atom stereocenters. The van der Waals surface area contributed by atoms with Crippen molar-refractivity contribution in [3.8, 4) is 0 Å². The lowest BCUT2D eigenvalue weighted by Crippen LogP contribution is -2.47. The van der Waals surface area contributed by atoms with Gasteiger partial charge < -0.3 is 19.3 Å². The van der Waals surface area contributed by atoms with Gasteiger partial charge in [-0.15, -0.1) is 0 Å². The third-order valence-electron chi connectivity index (χ3n) is 6.21. The first-order chi connectivity index (χ1) is 13.6. The maximum absolute atomic E-state index is 13.0. The van der Waals surface area contributed by atoms with Crippen molar-refractivity contribution in [3.63, 3.8) is 0 Å². The van der Waals surface area contributed by atoms with Crippen LogP contribution in [0, 0.1) is 0 Å². The number of aromatic nitrogens is 1. The van der Waals surface area contributed by atoms with Crippen LogP contribution in [0.4, 0.5) is 0 Å². The van der Waals surface area contributed by atoms with E-state index in [1.54, 1.807) is 23.2 Å². The van der Waals surface area contributed by atoms with Gasteiger partial charge in [-0.05, 0) is 37.8 Å². The summed E-state index contributed by atoms with van der Waals surface area (Å²) in [4.78, 5) is 34.0. The molecule has 1 aromatic heterocycles. The highest BCUT2D eigenvalue weighted by Crippen LogP contribution is 2.31.